The molecule has 0 unspecified atom stereocenters. The molecule has 120 valence electrons. The molecule has 0 aromatic carbocycles. The van der Waals surface area contributed by atoms with Crippen LogP contribution in [0, 0.1) is 0 Å². The lowest BCUT2D eigenvalue weighted by molar-refractivity contribution is 0.188. The summed E-state index contributed by atoms with van der Waals surface area (Å²) in [5, 5.41) is 12.0. The largest absolute Gasteiger partial charge is 0.471 e. The number of hydrogen-bond acceptors (Lipinski definition) is 5. The fraction of sp³-hybridized carbons (Fsp3) is 0.438. The molecule has 23 heavy (non-hydrogen) atoms. The van der Waals surface area contributed by atoms with Gasteiger partial charge < -0.3 is 10.1 Å². The van der Waals surface area contributed by atoms with Crippen LogP contribution in [0.4, 0.5) is 0 Å². The summed E-state index contributed by atoms with van der Waals surface area (Å²) in [6, 6.07) is 1.93. The topological polar surface area (TPSA) is 69.3 Å². The van der Waals surface area contributed by atoms with Gasteiger partial charge in [-0.25, -0.2) is 9.50 Å². The zero-order chi connectivity index (χ0) is 15.6. The molecule has 7 heteroatoms. The second-order valence-corrected chi connectivity index (χ2v) is 5.93. The Labute approximate surface area is 134 Å². The first kappa shape index (κ1) is 14.2. The molecule has 1 saturated heterocycles. The van der Waals surface area contributed by atoms with E-state index in [0.29, 0.717) is 5.88 Å². The number of nitrogens with zero attached hydrogens (tertiary/aromatic N) is 5. The Morgan fingerprint density at radius 3 is 3.09 bits per heavy atom. The zero-order valence-corrected chi connectivity index (χ0v) is 13.1. The van der Waals surface area contributed by atoms with E-state index in [1.165, 1.54) is 12.8 Å². The van der Waals surface area contributed by atoms with E-state index >= 15 is 0 Å². The van der Waals surface area contributed by atoms with Crippen molar-refractivity contribution in [3.05, 3.63) is 30.9 Å². The van der Waals surface area contributed by atoms with E-state index in [2.05, 4.69) is 15.5 Å². The molecule has 1 aliphatic rings. The Bertz CT molecular complexity index is 800. The van der Waals surface area contributed by atoms with E-state index < -0.39 is 0 Å². The third-order valence-corrected chi connectivity index (χ3v) is 4.14. The van der Waals surface area contributed by atoms with Crippen molar-refractivity contribution in [2.75, 3.05) is 13.1 Å². The van der Waals surface area contributed by atoms with Gasteiger partial charge in [-0.3, -0.25) is 4.68 Å². The minimum Gasteiger partial charge on any atom is -0.471 e. The molecule has 4 rings (SSSR count). The molecule has 0 radical (unpaired) electrons. The van der Waals surface area contributed by atoms with E-state index in [9.17, 15) is 0 Å². The molecule has 3 aromatic rings. The number of aromatic nitrogens is 5. The van der Waals surface area contributed by atoms with Crippen LogP contribution in [0.5, 0.6) is 5.88 Å². The van der Waals surface area contributed by atoms with Gasteiger partial charge >= 0.3 is 0 Å². The molecule has 0 spiro atoms. The summed E-state index contributed by atoms with van der Waals surface area (Å²) in [5.74, 6) is 0.637. The van der Waals surface area contributed by atoms with Crippen molar-refractivity contribution in [2.24, 2.45) is 7.05 Å². The van der Waals surface area contributed by atoms with Gasteiger partial charge in [0.1, 0.15) is 11.6 Å². The Kier molecular flexibility index (Phi) is 3.70. The van der Waals surface area contributed by atoms with Crippen LogP contribution in [0.15, 0.2) is 30.9 Å². The van der Waals surface area contributed by atoms with Crippen molar-refractivity contribution < 1.29 is 4.74 Å². The summed E-state index contributed by atoms with van der Waals surface area (Å²) in [5.41, 5.74) is 2.65. The Morgan fingerprint density at radius 1 is 1.26 bits per heavy atom. The van der Waals surface area contributed by atoms with Crippen molar-refractivity contribution in [1.82, 2.24) is 29.7 Å². The lowest BCUT2D eigenvalue weighted by atomic mass is 10.2. The monoisotopic (exact) mass is 312 g/mol. The minimum atomic E-state index is 0.146. The fourth-order valence-electron chi connectivity index (χ4n) is 2.92. The molecular formula is C16H20N6O. The van der Waals surface area contributed by atoms with E-state index in [0.717, 1.165) is 36.3 Å². The van der Waals surface area contributed by atoms with Crippen LogP contribution >= 0.6 is 0 Å². The number of aryl methyl sites for hydroxylation is 1. The van der Waals surface area contributed by atoms with Crippen molar-refractivity contribution in [3.63, 3.8) is 0 Å². The van der Waals surface area contributed by atoms with Crippen LogP contribution in [0.25, 0.3) is 16.8 Å². The molecule has 3 aromatic heterocycles. The van der Waals surface area contributed by atoms with Crippen LogP contribution in [-0.2, 0) is 7.05 Å². The van der Waals surface area contributed by atoms with Gasteiger partial charge in [-0.2, -0.15) is 10.2 Å². The second kappa shape index (κ2) is 6.00. The molecule has 1 atom stereocenters. The van der Waals surface area contributed by atoms with Gasteiger partial charge in [0.05, 0.1) is 24.3 Å². The lowest BCUT2D eigenvalue weighted by Crippen LogP contribution is -2.29. The quantitative estimate of drug-likeness (QED) is 0.796. The van der Waals surface area contributed by atoms with Crippen LogP contribution in [0.3, 0.4) is 0 Å². The molecule has 1 fully saturated rings. The highest BCUT2D eigenvalue weighted by atomic mass is 16.5. The minimum absolute atomic E-state index is 0.146. The van der Waals surface area contributed by atoms with Crippen molar-refractivity contribution in [2.45, 2.75) is 25.4 Å². The summed E-state index contributed by atoms with van der Waals surface area (Å²) in [4.78, 5) is 4.72. The first-order chi connectivity index (χ1) is 11.3. The van der Waals surface area contributed by atoms with Crippen LogP contribution in [0.1, 0.15) is 19.3 Å². The lowest BCUT2D eigenvalue weighted by Gasteiger charge is -2.17. The normalized spacial score (nSPS) is 18.9. The third kappa shape index (κ3) is 2.92. The molecule has 0 aliphatic carbocycles. The fourth-order valence-corrected chi connectivity index (χ4v) is 2.92. The van der Waals surface area contributed by atoms with Crippen LogP contribution < -0.4 is 10.1 Å². The van der Waals surface area contributed by atoms with E-state index in [4.69, 9.17) is 9.72 Å². The standard InChI is InChI=1S/C16H20N6O/c1-21-10-12(8-19-21)14-11-22-15(5-7-18-22)16(20-14)23-13-4-2-3-6-17-9-13/h5,7-8,10-11,13,17H,2-4,6,9H2,1H3/t13-/m1/s1. The number of hydrogen-bond donors (Lipinski definition) is 1. The molecule has 0 amide bonds. The van der Waals surface area contributed by atoms with Crippen LogP contribution in [-0.4, -0.2) is 43.6 Å². The molecule has 4 heterocycles. The highest BCUT2D eigenvalue weighted by Gasteiger charge is 2.17. The molecule has 1 aliphatic heterocycles. The van der Waals surface area contributed by atoms with Crippen molar-refractivity contribution in [1.29, 1.82) is 0 Å². The van der Waals surface area contributed by atoms with Gasteiger partial charge in [0.15, 0.2) is 0 Å². The smallest absolute Gasteiger partial charge is 0.241 e. The summed E-state index contributed by atoms with van der Waals surface area (Å²) < 4.78 is 9.79. The summed E-state index contributed by atoms with van der Waals surface area (Å²) in [6.07, 6.45) is 11.0. The Balaban J connectivity index is 1.70. The average Bonchev–Trinajstić information content (AvgIpc) is 3.11. The number of fused-ring (bicyclic) bond motifs is 1. The Hall–Kier alpha value is -2.41. The van der Waals surface area contributed by atoms with Crippen molar-refractivity contribution in [3.8, 4) is 17.1 Å². The number of ether oxygens (including phenoxy) is 1. The van der Waals surface area contributed by atoms with Gasteiger partial charge in [0, 0.05) is 25.4 Å². The SMILES string of the molecule is Cn1cc(-c2cn3nccc3c(O[C@@H]3CCCCNC3)n2)cn1. The van der Waals surface area contributed by atoms with E-state index in [-0.39, 0.29) is 6.10 Å². The molecule has 1 N–H and O–H groups in total. The highest BCUT2D eigenvalue weighted by molar-refractivity contribution is 5.63. The maximum absolute atomic E-state index is 6.21. The summed E-state index contributed by atoms with van der Waals surface area (Å²) >= 11 is 0. The molecule has 7 nitrogen and oxygen atoms in total. The van der Waals surface area contributed by atoms with Gasteiger partial charge in [-0.1, -0.05) is 0 Å². The number of rotatable bonds is 3. The predicted molar refractivity (Wildman–Crippen MR) is 86.3 cm³/mol. The average molecular weight is 312 g/mol. The summed E-state index contributed by atoms with van der Waals surface area (Å²) in [7, 11) is 1.89. The predicted octanol–water partition coefficient (Wildman–Crippen LogP) is 1.65. The third-order valence-electron chi connectivity index (χ3n) is 4.14. The molecular weight excluding hydrogens is 292 g/mol. The van der Waals surface area contributed by atoms with Gasteiger partial charge in [-0.05, 0) is 31.9 Å². The first-order valence-corrected chi connectivity index (χ1v) is 8.00. The van der Waals surface area contributed by atoms with Gasteiger partial charge in [0.25, 0.3) is 0 Å². The highest BCUT2D eigenvalue weighted by Crippen LogP contribution is 2.25. The Morgan fingerprint density at radius 2 is 2.22 bits per heavy atom. The van der Waals surface area contributed by atoms with Crippen LogP contribution in [0.2, 0.25) is 0 Å². The van der Waals surface area contributed by atoms with Crippen molar-refractivity contribution >= 4 is 5.52 Å². The van der Waals surface area contributed by atoms with Gasteiger partial charge in [-0.15, -0.1) is 0 Å². The molecule has 0 bridgehead atoms. The maximum Gasteiger partial charge on any atom is 0.241 e. The number of nitrogens with one attached hydrogen (secondary N) is 1. The zero-order valence-electron chi connectivity index (χ0n) is 13.1. The van der Waals surface area contributed by atoms with Gasteiger partial charge in [0.2, 0.25) is 5.88 Å². The maximum atomic E-state index is 6.21. The first-order valence-electron chi connectivity index (χ1n) is 8.00. The van der Waals surface area contributed by atoms with E-state index in [1.807, 2.05) is 30.0 Å². The summed E-state index contributed by atoms with van der Waals surface area (Å²) in [6.45, 7) is 1.92. The van der Waals surface area contributed by atoms with E-state index in [1.54, 1.807) is 17.1 Å². The second-order valence-electron chi connectivity index (χ2n) is 5.93. The molecule has 0 saturated carbocycles.